The van der Waals surface area contributed by atoms with E-state index >= 15 is 0 Å². The van der Waals surface area contributed by atoms with Crippen LogP contribution in [0.25, 0.3) is 11.3 Å². The van der Waals surface area contributed by atoms with E-state index in [9.17, 15) is 10.1 Å². The Morgan fingerprint density at radius 1 is 1.21 bits per heavy atom. The van der Waals surface area contributed by atoms with Gasteiger partial charge in [0, 0.05) is 7.05 Å². The minimum Gasteiger partial charge on any atom is -0.454 e. The van der Waals surface area contributed by atoms with E-state index < -0.39 is 12.9 Å². The number of methoxy groups -OCH3 is 1. The van der Waals surface area contributed by atoms with Crippen molar-refractivity contribution >= 4 is 17.5 Å². The number of aryl methyl sites for hydroxylation is 2. The van der Waals surface area contributed by atoms with Gasteiger partial charge in [0.2, 0.25) is 6.79 Å². The number of nitriles is 1. The van der Waals surface area contributed by atoms with Crippen molar-refractivity contribution in [2.75, 3.05) is 13.9 Å². The molecular formula is C21H25N3O4. The fourth-order valence-corrected chi connectivity index (χ4v) is 2.68. The Morgan fingerprint density at radius 3 is 2.32 bits per heavy atom. The summed E-state index contributed by atoms with van der Waals surface area (Å²) in [6, 6.07) is 11.7. The molecule has 0 radical (unpaired) electrons. The third-order valence-corrected chi connectivity index (χ3v) is 4.16. The summed E-state index contributed by atoms with van der Waals surface area (Å²) in [4.78, 5) is 11.2. The number of hydrogen-bond acceptors (Lipinski definition) is 6. The molecule has 0 aliphatic carbocycles. The van der Waals surface area contributed by atoms with Crippen molar-refractivity contribution in [1.82, 2.24) is 9.78 Å². The number of rotatable bonds is 5. The average molecular weight is 383 g/mol. The number of aromatic nitrogens is 2. The summed E-state index contributed by atoms with van der Waals surface area (Å²) in [6.07, 6.45) is -0.867. The SMILES string of the molecule is COC(=O)OCO/C(=C(/C#N)c1ccc(C(C)(C)C)cc1)c1cc(C)nn1C. The minimum absolute atomic E-state index is 0.00187. The van der Waals surface area contributed by atoms with Gasteiger partial charge in [-0.2, -0.15) is 10.4 Å². The van der Waals surface area contributed by atoms with Crippen LogP contribution in [-0.2, 0) is 26.7 Å². The minimum atomic E-state index is -0.867. The lowest BCUT2D eigenvalue weighted by Crippen LogP contribution is -2.11. The predicted molar refractivity (Wildman–Crippen MR) is 105 cm³/mol. The van der Waals surface area contributed by atoms with E-state index in [1.54, 1.807) is 17.8 Å². The van der Waals surface area contributed by atoms with Gasteiger partial charge in [0.1, 0.15) is 17.3 Å². The van der Waals surface area contributed by atoms with E-state index in [1.807, 2.05) is 31.2 Å². The zero-order valence-electron chi connectivity index (χ0n) is 17.1. The molecule has 0 atom stereocenters. The highest BCUT2D eigenvalue weighted by molar-refractivity contribution is 5.94. The highest BCUT2D eigenvalue weighted by Gasteiger charge is 2.19. The van der Waals surface area contributed by atoms with E-state index in [1.165, 1.54) is 7.11 Å². The molecule has 7 heteroatoms. The van der Waals surface area contributed by atoms with E-state index in [4.69, 9.17) is 9.47 Å². The van der Waals surface area contributed by atoms with Crippen LogP contribution in [0.2, 0.25) is 0 Å². The first kappa shape index (κ1) is 21.0. The maximum atomic E-state index is 11.2. The lowest BCUT2D eigenvalue weighted by atomic mass is 9.86. The monoisotopic (exact) mass is 383 g/mol. The van der Waals surface area contributed by atoms with Gasteiger partial charge in [-0.3, -0.25) is 4.68 Å². The molecule has 0 aliphatic rings. The number of ether oxygens (including phenoxy) is 3. The maximum absolute atomic E-state index is 11.2. The largest absolute Gasteiger partial charge is 0.510 e. The van der Waals surface area contributed by atoms with Crippen LogP contribution in [0.4, 0.5) is 4.79 Å². The molecule has 0 bridgehead atoms. The van der Waals surface area contributed by atoms with Gasteiger partial charge in [-0.1, -0.05) is 45.0 Å². The smallest absolute Gasteiger partial charge is 0.454 e. The van der Waals surface area contributed by atoms with Crippen molar-refractivity contribution in [3.8, 4) is 6.07 Å². The van der Waals surface area contributed by atoms with Gasteiger partial charge in [0.15, 0.2) is 5.76 Å². The molecule has 0 fully saturated rings. The lowest BCUT2D eigenvalue weighted by Gasteiger charge is -2.19. The summed E-state index contributed by atoms with van der Waals surface area (Å²) in [5.74, 6) is 0.276. The molecule has 0 saturated carbocycles. The van der Waals surface area contributed by atoms with Gasteiger partial charge in [0.05, 0.1) is 12.8 Å². The van der Waals surface area contributed by atoms with Crippen molar-refractivity contribution in [2.24, 2.45) is 7.05 Å². The second kappa shape index (κ2) is 8.61. The Labute approximate surface area is 165 Å². The third kappa shape index (κ3) is 4.92. The second-order valence-corrected chi connectivity index (χ2v) is 7.30. The first-order chi connectivity index (χ1) is 13.2. The Morgan fingerprint density at radius 2 is 1.86 bits per heavy atom. The van der Waals surface area contributed by atoms with Gasteiger partial charge in [-0.05, 0) is 29.5 Å². The molecule has 0 saturated heterocycles. The molecule has 1 aromatic heterocycles. The zero-order valence-corrected chi connectivity index (χ0v) is 17.1. The number of allylic oxidation sites excluding steroid dienone is 1. The Bertz CT molecular complexity index is 913. The van der Waals surface area contributed by atoms with Gasteiger partial charge in [-0.15, -0.1) is 0 Å². The first-order valence-corrected chi connectivity index (χ1v) is 8.77. The van der Waals surface area contributed by atoms with Crippen molar-refractivity contribution < 1.29 is 19.0 Å². The van der Waals surface area contributed by atoms with Crippen LogP contribution in [0.3, 0.4) is 0 Å². The molecule has 1 heterocycles. The molecular weight excluding hydrogens is 358 g/mol. The summed E-state index contributed by atoms with van der Waals surface area (Å²) < 4.78 is 16.6. The highest BCUT2D eigenvalue weighted by atomic mass is 16.8. The average Bonchev–Trinajstić information content (AvgIpc) is 2.98. The summed E-state index contributed by atoms with van der Waals surface area (Å²) in [5, 5.41) is 14.2. The van der Waals surface area contributed by atoms with Crippen molar-refractivity contribution in [1.29, 1.82) is 5.26 Å². The summed E-state index contributed by atoms with van der Waals surface area (Å²) in [7, 11) is 2.96. The van der Waals surface area contributed by atoms with E-state index in [-0.39, 0.29) is 11.2 Å². The fourth-order valence-electron chi connectivity index (χ4n) is 2.68. The summed E-state index contributed by atoms with van der Waals surface area (Å²) in [5.41, 5.74) is 3.54. The van der Waals surface area contributed by atoms with Crippen LogP contribution >= 0.6 is 0 Å². The summed E-state index contributed by atoms with van der Waals surface area (Å²) in [6.45, 7) is 7.83. The van der Waals surface area contributed by atoms with E-state index in [0.29, 0.717) is 16.8 Å². The number of hydrogen-bond donors (Lipinski definition) is 0. The zero-order chi connectivity index (χ0) is 20.9. The number of benzene rings is 1. The molecule has 0 unspecified atom stereocenters. The summed E-state index contributed by atoms with van der Waals surface area (Å²) >= 11 is 0. The van der Waals surface area contributed by atoms with Crippen LogP contribution in [-0.4, -0.2) is 29.8 Å². The van der Waals surface area contributed by atoms with Crippen molar-refractivity contribution in [3.05, 3.63) is 52.8 Å². The van der Waals surface area contributed by atoms with Gasteiger partial charge >= 0.3 is 6.16 Å². The molecule has 7 nitrogen and oxygen atoms in total. The van der Waals surface area contributed by atoms with E-state index in [0.717, 1.165) is 11.3 Å². The molecule has 2 rings (SSSR count). The number of carbonyl (C=O) groups excluding carboxylic acids is 1. The van der Waals surface area contributed by atoms with Crippen LogP contribution in [0, 0.1) is 18.3 Å². The molecule has 0 spiro atoms. The quantitative estimate of drug-likeness (QED) is 0.333. The third-order valence-electron chi connectivity index (χ3n) is 4.16. The van der Waals surface area contributed by atoms with Crippen molar-refractivity contribution in [3.63, 3.8) is 0 Å². The van der Waals surface area contributed by atoms with E-state index in [2.05, 4.69) is 36.7 Å². The molecule has 1 aromatic carbocycles. The molecule has 0 N–H and O–H groups in total. The Kier molecular flexibility index (Phi) is 6.47. The fraction of sp³-hybridized carbons (Fsp3) is 0.381. The lowest BCUT2D eigenvalue weighted by molar-refractivity contribution is 0.00352. The standard InChI is InChI=1S/C21H25N3O4/c1-14-11-18(24(5)23-14)19(27-13-28-20(25)26-6)17(12-22)15-7-9-16(10-8-15)21(2,3)4/h7-11H,13H2,1-6H3/b19-17-. The van der Waals surface area contributed by atoms with Crippen molar-refractivity contribution in [2.45, 2.75) is 33.1 Å². The number of carbonyl (C=O) groups is 1. The molecule has 28 heavy (non-hydrogen) atoms. The van der Waals surface area contributed by atoms with Crippen LogP contribution in [0.15, 0.2) is 30.3 Å². The Hall–Kier alpha value is -3.27. The normalized spacial score (nSPS) is 12.0. The maximum Gasteiger partial charge on any atom is 0.510 e. The number of nitrogens with zero attached hydrogens (tertiary/aromatic N) is 3. The molecule has 0 amide bonds. The predicted octanol–water partition coefficient (Wildman–Crippen LogP) is 4.18. The Balaban J connectivity index is 2.50. The van der Waals surface area contributed by atoms with Crippen LogP contribution in [0.5, 0.6) is 0 Å². The molecule has 2 aromatic rings. The second-order valence-electron chi connectivity index (χ2n) is 7.30. The van der Waals surface area contributed by atoms with Crippen LogP contribution < -0.4 is 0 Å². The highest BCUT2D eigenvalue weighted by Crippen LogP contribution is 2.29. The first-order valence-electron chi connectivity index (χ1n) is 8.77. The van der Waals surface area contributed by atoms with Gasteiger partial charge in [0.25, 0.3) is 0 Å². The van der Waals surface area contributed by atoms with Crippen LogP contribution in [0.1, 0.15) is 43.3 Å². The molecule has 148 valence electrons. The molecule has 0 aliphatic heterocycles. The van der Waals surface area contributed by atoms with Gasteiger partial charge in [-0.25, -0.2) is 4.79 Å². The van der Waals surface area contributed by atoms with Gasteiger partial charge < -0.3 is 14.2 Å². The topological polar surface area (TPSA) is 86.4 Å².